The maximum atomic E-state index is 13.4. The molecular formula is C13H8F5NO. The number of halogens is 5. The fraction of sp³-hybridized carbons (Fsp3) is 0.154. The zero-order chi connectivity index (χ0) is 14.8. The minimum Gasteiger partial charge on any atom is -0.406 e. The molecule has 0 aliphatic heterocycles. The van der Waals surface area contributed by atoms with Gasteiger partial charge in [-0.2, -0.15) is 0 Å². The number of nitrogens with zero attached hydrogens (tertiary/aromatic N) is 1. The molecule has 0 amide bonds. The number of hydrogen-bond acceptors (Lipinski definition) is 2. The summed E-state index contributed by atoms with van der Waals surface area (Å²) < 4.78 is 66.3. The van der Waals surface area contributed by atoms with Gasteiger partial charge in [0.25, 0.3) is 0 Å². The van der Waals surface area contributed by atoms with Crippen molar-refractivity contribution >= 4 is 0 Å². The van der Waals surface area contributed by atoms with Gasteiger partial charge >= 0.3 is 6.36 Å². The van der Waals surface area contributed by atoms with Gasteiger partial charge in [0, 0.05) is 12.0 Å². The zero-order valence-corrected chi connectivity index (χ0v) is 9.92. The molecule has 0 saturated carbocycles. The third-order valence-electron chi connectivity index (χ3n) is 2.49. The van der Waals surface area contributed by atoms with Crippen molar-refractivity contribution in [1.82, 2.24) is 4.98 Å². The molecule has 0 aliphatic rings. The molecule has 0 bridgehead atoms. The van der Waals surface area contributed by atoms with Gasteiger partial charge in [-0.15, -0.1) is 13.2 Å². The van der Waals surface area contributed by atoms with Crippen molar-refractivity contribution in [3.63, 3.8) is 0 Å². The lowest BCUT2D eigenvalue weighted by Crippen LogP contribution is -2.17. The van der Waals surface area contributed by atoms with Gasteiger partial charge < -0.3 is 4.74 Å². The maximum absolute atomic E-state index is 13.4. The van der Waals surface area contributed by atoms with Crippen molar-refractivity contribution < 1.29 is 26.7 Å². The van der Waals surface area contributed by atoms with Crippen LogP contribution in [0.15, 0.2) is 36.7 Å². The molecule has 20 heavy (non-hydrogen) atoms. The SMILES string of the molecule is Fc1cncc(F)c1Cc1ccc(OC(F)(F)F)cc1. The molecule has 1 aromatic carbocycles. The first kappa shape index (κ1) is 14.2. The normalized spacial score (nSPS) is 11.4. The number of hydrogen-bond donors (Lipinski definition) is 0. The molecule has 7 heteroatoms. The summed E-state index contributed by atoms with van der Waals surface area (Å²) in [6.07, 6.45) is -3.11. The summed E-state index contributed by atoms with van der Waals surface area (Å²) in [5.41, 5.74) is 0.257. The van der Waals surface area contributed by atoms with Crippen LogP contribution in [0.2, 0.25) is 0 Å². The van der Waals surface area contributed by atoms with E-state index < -0.39 is 23.7 Å². The van der Waals surface area contributed by atoms with Crippen LogP contribution in [0.1, 0.15) is 11.1 Å². The van der Waals surface area contributed by atoms with Crippen molar-refractivity contribution in [1.29, 1.82) is 0 Å². The molecule has 2 nitrogen and oxygen atoms in total. The summed E-state index contributed by atoms with van der Waals surface area (Å²) in [4.78, 5) is 3.35. The highest BCUT2D eigenvalue weighted by atomic mass is 19.4. The van der Waals surface area contributed by atoms with Crippen LogP contribution in [0.5, 0.6) is 5.75 Å². The summed E-state index contributed by atoms with van der Waals surface area (Å²) in [5, 5.41) is 0. The highest BCUT2D eigenvalue weighted by molar-refractivity contribution is 5.31. The fourth-order valence-electron chi connectivity index (χ4n) is 1.62. The minimum absolute atomic E-state index is 0.0908. The van der Waals surface area contributed by atoms with Crippen LogP contribution >= 0.6 is 0 Å². The molecular weight excluding hydrogens is 281 g/mol. The van der Waals surface area contributed by atoms with E-state index in [2.05, 4.69) is 9.72 Å². The van der Waals surface area contributed by atoms with Gasteiger partial charge in [-0.3, -0.25) is 4.98 Å². The van der Waals surface area contributed by atoms with Gasteiger partial charge in [-0.1, -0.05) is 12.1 Å². The topological polar surface area (TPSA) is 22.1 Å². The summed E-state index contributed by atoms with van der Waals surface area (Å²) in [5.74, 6) is -2.00. The van der Waals surface area contributed by atoms with Crippen LogP contribution < -0.4 is 4.74 Å². The molecule has 0 atom stereocenters. The Labute approximate surface area is 110 Å². The van der Waals surface area contributed by atoms with Crippen LogP contribution in [0, 0.1) is 11.6 Å². The Bertz CT molecular complexity index is 574. The number of benzene rings is 1. The lowest BCUT2D eigenvalue weighted by atomic mass is 10.1. The Kier molecular flexibility index (Phi) is 3.87. The molecule has 0 spiro atoms. The van der Waals surface area contributed by atoms with E-state index in [0.29, 0.717) is 5.56 Å². The fourth-order valence-corrected chi connectivity index (χ4v) is 1.62. The summed E-state index contributed by atoms with van der Waals surface area (Å²) in [6, 6.07) is 4.78. The summed E-state index contributed by atoms with van der Waals surface area (Å²) in [6.45, 7) is 0. The van der Waals surface area contributed by atoms with E-state index in [0.717, 1.165) is 24.5 Å². The number of ether oxygens (including phenoxy) is 1. The Balaban J connectivity index is 2.15. The minimum atomic E-state index is -4.77. The van der Waals surface area contributed by atoms with Crippen LogP contribution in [0.3, 0.4) is 0 Å². The molecule has 0 saturated heterocycles. The van der Waals surface area contributed by atoms with E-state index >= 15 is 0 Å². The van der Waals surface area contributed by atoms with E-state index in [1.165, 1.54) is 12.1 Å². The van der Waals surface area contributed by atoms with Crippen LogP contribution in [0.25, 0.3) is 0 Å². The average molecular weight is 289 g/mol. The monoisotopic (exact) mass is 289 g/mol. The Morgan fingerprint density at radius 2 is 1.50 bits per heavy atom. The van der Waals surface area contributed by atoms with Crippen molar-refractivity contribution in [2.75, 3.05) is 0 Å². The van der Waals surface area contributed by atoms with Crippen LogP contribution in [-0.2, 0) is 6.42 Å². The highest BCUT2D eigenvalue weighted by Crippen LogP contribution is 2.24. The molecule has 1 aromatic heterocycles. The van der Waals surface area contributed by atoms with Crippen molar-refractivity contribution in [3.8, 4) is 5.75 Å². The molecule has 0 aliphatic carbocycles. The van der Waals surface area contributed by atoms with E-state index in [1.54, 1.807) is 0 Å². The first-order valence-electron chi connectivity index (χ1n) is 5.48. The third kappa shape index (κ3) is 3.66. The predicted octanol–water partition coefficient (Wildman–Crippen LogP) is 3.85. The van der Waals surface area contributed by atoms with E-state index in [1.807, 2.05) is 0 Å². The third-order valence-corrected chi connectivity index (χ3v) is 2.49. The van der Waals surface area contributed by atoms with Gasteiger partial charge in [0.15, 0.2) is 0 Å². The van der Waals surface area contributed by atoms with E-state index in [9.17, 15) is 22.0 Å². The summed E-state index contributed by atoms with van der Waals surface area (Å²) in [7, 11) is 0. The van der Waals surface area contributed by atoms with Gasteiger partial charge in [0.05, 0.1) is 12.4 Å². The summed E-state index contributed by atoms with van der Waals surface area (Å²) >= 11 is 0. The molecule has 0 N–H and O–H groups in total. The van der Waals surface area contributed by atoms with Crippen LogP contribution in [0.4, 0.5) is 22.0 Å². The van der Waals surface area contributed by atoms with E-state index in [-0.39, 0.29) is 12.0 Å². The standard InChI is InChI=1S/C13H8F5NO/c14-11-6-19-7-12(15)10(11)5-8-1-3-9(4-2-8)20-13(16,17)18/h1-4,6-7H,5H2. The number of pyridine rings is 1. The molecule has 0 fully saturated rings. The maximum Gasteiger partial charge on any atom is 0.573 e. The molecule has 2 rings (SSSR count). The number of rotatable bonds is 3. The number of alkyl halides is 3. The Hall–Kier alpha value is -2.18. The molecule has 106 valence electrons. The average Bonchev–Trinajstić information content (AvgIpc) is 2.34. The molecule has 0 unspecified atom stereocenters. The Morgan fingerprint density at radius 1 is 0.950 bits per heavy atom. The first-order valence-corrected chi connectivity index (χ1v) is 5.48. The molecule has 2 aromatic rings. The van der Waals surface area contributed by atoms with E-state index in [4.69, 9.17) is 0 Å². The van der Waals surface area contributed by atoms with Crippen LogP contribution in [-0.4, -0.2) is 11.3 Å². The van der Waals surface area contributed by atoms with Gasteiger partial charge in [-0.25, -0.2) is 8.78 Å². The van der Waals surface area contributed by atoms with Gasteiger partial charge in [0.1, 0.15) is 17.4 Å². The first-order chi connectivity index (χ1) is 9.35. The molecule has 0 radical (unpaired) electrons. The smallest absolute Gasteiger partial charge is 0.406 e. The molecule has 1 heterocycles. The predicted molar refractivity (Wildman–Crippen MR) is 60.1 cm³/mol. The lowest BCUT2D eigenvalue weighted by molar-refractivity contribution is -0.274. The lowest BCUT2D eigenvalue weighted by Gasteiger charge is -2.09. The van der Waals surface area contributed by atoms with Gasteiger partial charge in [0.2, 0.25) is 0 Å². The zero-order valence-electron chi connectivity index (χ0n) is 9.92. The van der Waals surface area contributed by atoms with Crippen molar-refractivity contribution in [2.45, 2.75) is 12.8 Å². The van der Waals surface area contributed by atoms with Gasteiger partial charge in [-0.05, 0) is 17.7 Å². The largest absolute Gasteiger partial charge is 0.573 e. The second-order valence-electron chi connectivity index (χ2n) is 3.95. The Morgan fingerprint density at radius 3 is 2.00 bits per heavy atom. The second kappa shape index (κ2) is 5.44. The quantitative estimate of drug-likeness (QED) is 0.801. The van der Waals surface area contributed by atoms with Crippen molar-refractivity contribution in [3.05, 3.63) is 59.4 Å². The highest BCUT2D eigenvalue weighted by Gasteiger charge is 2.30. The second-order valence-corrected chi connectivity index (χ2v) is 3.95. The van der Waals surface area contributed by atoms with Crippen molar-refractivity contribution in [2.24, 2.45) is 0 Å². The number of aromatic nitrogens is 1.